The predicted octanol–water partition coefficient (Wildman–Crippen LogP) is 2.05. The van der Waals surface area contributed by atoms with Gasteiger partial charge in [-0.25, -0.2) is 0 Å². The van der Waals surface area contributed by atoms with E-state index in [-0.39, 0.29) is 0 Å². The molecule has 1 aliphatic heterocycles. The maximum Gasteiger partial charge on any atom is 0.0399 e. The summed E-state index contributed by atoms with van der Waals surface area (Å²) in [6.45, 7) is 4.54. The smallest absolute Gasteiger partial charge is 0.0399 e. The molecule has 1 aromatic carbocycles. The molecular weight excluding hydrogens is 184 g/mol. The van der Waals surface area contributed by atoms with Crippen LogP contribution in [0.5, 0.6) is 0 Å². The second-order valence-corrected chi connectivity index (χ2v) is 4.37. The van der Waals surface area contributed by atoms with Crippen LogP contribution in [0, 0.1) is 0 Å². The van der Waals surface area contributed by atoms with Crippen molar-refractivity contribution < 1.29 is 0 Å². The molecule has 1 N–H and O–H groups in total. The van der Waals surface area contributed by atoms with Crippen molar-refractivity contribution in [2.45, 2.75) is 25.8 Å². The third-order valence-electron chi connectivity index (χ3n) is 3.19. The van der Waals surface area contributed by atoms with E-state index < -0.39 is 0 Å². The van der Waals surface area contributed by atoms with Gasteiger partial charge in [0.1, 0.15) is 0 Å². The Labute approximate surface area is 92.3 Å². The SMILES string of the molecule is CNC(C)CN1CCCc2ccccc21. The molecule has 0 radical (unpaired) electrons. The van der Waals surface area contributed by atoms with Crippen LogP contribution < -0.4 is 10.2 Å². The van der Waals surface area contributed by atoms with Gasteiger partial charge in [0.25, 0.3) is 0 Å². The molecule has 0 aromatic heterocycles. The highest BCUT2D eigenvalue weighted by Crippen LogP contribution is 2.26. The van der Waals surface area contributed by atoms with Gasteiger partial charge in [0.05, 0.1) is 0 Å². The number of likely N-dealkylation sites (N-methyl/N-ethyl adjacent to an activating group) is 1. The van der Waals surface area contributed by atoms with Crippen molar-refractivity contribution >= 4 is 5.69 Å². The Morgan fingerprint density at radius 3 is 3.00 bits per heavy atom. The number of nitrogens with one attached hydrogen (secondary N) is 1. The van der Waals surface area contributed by atoms with Crippen LogP contribution >= 0.6 is 0 Å². The minimum atomic E-state index is 0.552. The van der Waals surface area contributed by atoms with E-state index in [2.05, 4.69) is 41.4 Å². The summed E-state index contributed by atoms with van der Waals surface area (Å²) in [5.41, 5.74) is 2.94. The summed E-state index contributed by atoms with van der Waals surface area (Å²) < 4.78 is 0. The molecule has 2 heteroatoms. The van der Waals surface area contributed by atoms with Gasteiger partial charge in [-0.05, 0) is 38.4 Å². The highest BCUT2D eigenvalue weighted by molar-refractivity contribution is 5.55. The molecule has 82 valence electrons. The van der Waals surface area contributed by atoms with E-state index in [0.29, 0.717) is 6.04 Å². The first-order chi connectivity index (χ1) is 7.31. The largest absolute Gasteiger partial charge is 0.370 e. The lowest BCUT2D eigenvalue weighted by atomic mass is 10.0. The third kappa shape index (κ3) is 2.32. The number of rotatable bonds is 3. The Hall–Kier alpha value is -1.02. The number of hydrogen-bond acceptors (Lipinski definition) is 2. The van der Waals surface area contributed by atoms with Gasteiger partial charge < -0.3 is 10.2 Å². The molecule has 0 saturated heterocycles. The van der Waals surface area contributed by atoms with Gasteiger partial charge in [-0.15, -0.1) is 0 Å². The molecule has 0 saturated carbocycles. The summed E-state index contributed by atoms with van der Waals surface area (Å²) in [4.78, 5) is 2.50. The Balaban J connectivity index is 2.15. The van der Waals surface area contributed by atoms with Crippen molar-refractivity contribution in [3.8, 4) is 0 Å². The molecule has 2 nitrogen and oxygen atoms in total. The zero-order valence-corrected chi connectivity index (χ0v) is 9.66. The lowest BCUT2D eigenvalue weighted by Gasteiger charge is -2.33. The topological polar surface area (TPSA) is 15.3 Å². The fourth-order valence-electron chi connectivity index (χ4n) is 2.22. The molecule has 1 heterocycles. The molecule has 0 bridgehead atoms. The van der Waals surface area contributed by atoms with Gasteiger partial charge in [0.15, 0.2) is 0 Å². The molecule has 15 heavy (non-hydrogen) atoms. The lowest BCUT2D eigenvalue weighted by molar-refractivity contribution is 0.568. The molecule has 0 amide bonds. The summed E-state index contributed by atoms with van der Waals surface area (Å²) in [5, 5.41) is 3.30. The average Bonchev–Trinajstić information content (AvgIpc) is 2.29. The fraction of sp³-hybridized carbons (Fsp3) is 0.538. The zero-order chi connectivity index (χ0) is 10.7. The van der Waals surface area contributed by atoms with Gasteiger partial charge in [0, 0.05) is 24.8 Å². The van der Waals surface area contributed by atoms with E-state index in [4.69, 9.17) is 0 Å². The minimum Gasteiger partial charge on any atom is -0.370 e. The van der Waals surface area contributed by atoms with Crippen LogP contribution in [0.4, 0.5) is 5.69 Å². The highest BCUT2D eigenvalue weighted by atomic mass is 15.2. The molecule has 0 aliphatic carbocycles. The number of aryl methyl sites for hydroxylation is 1. The predicted molar refractivity (Wildman–Crippen MR) is 65.5 cm³/mol. The van der Waals surface area contributed by atoms with E-state index in [1.165, 1.54) is 30.6 Å². The number of hydrogen-bond donors (Lipinski definition) is 1. The fourth-order valence-corrected chi connectivity index (χ4v) is 2.22. The first kappa shape index (κ1) is 10.5. The molecule has 1 unspecified atom stereocenters. The number of para-hydroxylation sites is 1. The van der Waals surface area contributed by atoms with Crippen LogP contribution in [-0.2, 0) is 6.42 Å². The average molecular weight is 204 g/mol. The highest BCUT2D eigenvalue weighted by Gasteiger charge is 2.17. The second kappa shape index (κ2) is 4.67. The Morgan fingerprint density at radius 2 is 2.20 bits per heavy atom. The number of benzene rings is 1. The summed E-state index contributed by atoms with van der Waals surface area (Å²) in [7, 11) is 2.03. The summed E-state index contributed by atoms with van der Waals surface area (Å²) in [6.07, 6.45) is 2.52. The molecule has 1 atom stereocenters. The van der Waals surface area contributed by atoms with Crippen LogP contribution in [0.1, 0.15) is 18.9 Å². The van der Waals surface area contributed by atoms with Crippen LogP contribution in [0.3, 0.4) is 0 Å². The first-order valence-corrected chi connectivity index (χ1v) is 5.81. The van der Waals surface area contributed by atoms with E-state index in [1.54, 1.807) is 0 Å². The Kier molecular flexibility index (Phi) is 3.27. The maximum atomic E-state index is 3.30. The van der Waals surface area contributed by atoms with Crippen molar-refractivity contribution in [1.82, 2.24) is 5.32 Å². The molecule has 0 fully saturated rings. The van der Waals surface area contributed by atoms with Crippen molar-refractivity contribution in [2.75, 3.05) is 25.0 Å². The van der Waals surface area contributed by atoms with Crippen molar-refractivity contribution in [1.29, 1.82) is 0 Å². The summed E-state index contributed by atoms with van der Waals surface area (Å²) >= 11 is 0. The quantitative estimate of drug-likeness (QED) is 0.810. The minimum absolute atomic E-state index is 0.552. The third-order valence-corrected chi connectivity index (χ3v) is 3.19. The van der Waals surface area contributed by atoms with Crippen molar-refractivity contribution in [3.05, 3.63) is 29.8 Å². The van der Waals surface area contributed by atoms with Crippen molar-refractivity contribution in [2.24, 2.45) is 0 Å². The van der Waals surface area contributed by atoms with Crippen LogP contribution in [-0.4, -0.2) is 26.2 Å². The Morgan fingerprint density at radius 1 is 1.40 bits per heavy atom. The van der Waals surface area contributed by atoms with E-state index in [0.717, 1.165) is 6.54 Å². The second-order valence-electron chi connectivity index (χ2n) is 4.37. The lowest BCUT2D eigenvalue weighted by Crippen LogP contribution is -2.40. The molecular formula is C13H20N2. The molecule has 0 spiro atoms. The van der Waals surface area contributed by atoms with E-state index in [1.807, 2.05) is 7.05 Å². The maximum absolute atomic E-state index is 3.30. The summed E-state index contributed by atoms with van der Waals surface area (Å²) in [5.74, 6) is 0. The van der Waals surface area contributed by atoms with Gasteiger partial charge in [-0.3, -0.25) is 0 Å². The number of nitrogens with zero attached hydrogens (tertiary/aromatic N) is 1. The standard InChI is InChI=1S/C13H20N2/c1-11(14-2)10-15-9-5-7-12-6-3-4-8-13(12)15/h3-4,6,8,11,14H,5,7,9-10H2,1-2H3. The van der Waals surface area contributed by atoms with Crippen molar-refractivity contribution in [3.63, 3.8) is 0 Å². The number of anilines is 1. The van der Waals surface area contributed by atoms with Crippen LogP contribution in [0.2, 0.25) is 0 Å². The monoisotopic (exact) mass is 204 g/mol. The van der Waals surface area contributed by atoms with Gasteiger partial charge >= 0.3 is 0 Å². The van der Waals surface area contributed by atoms with Crippen LogP contribution in [0.25, 0.3) is 0 Å². The first-order valence-electron chi connectivity index (χ1n) is 5.81. The van der Waals surface area contributed by atoms with Crippen LogP contribution in [0.15, 0.2) is 24.3 Å². The molecule has 1 aromatic rings. The summed E-state index contributed by atoms with van der Waals surface area (Å²) in [6, 6.07) is 9.34. The Bertz CT molecular complexity index is 322. The number of fused-ring (bicyclic) bond motifs is 1. The van der Waals surface area contributed by atoms with Gasteiger partial charge in [-0.2, -0.15) is 0 Å². The zero-order valence-electron chi connectivity index (χ0n) is 9.66. The molecule has 1 aliphatic rings. The molecule has 2 rings (SSSR count). The van der Waals surface area contributed by atoms with Gasteiger partial charge in [-0.1, -0.05) is 18.2 Å². The van der Waals surface area contributed by atoms with E-state index >= 15 is 0 Å². The van der Waals surface area contributed by atoms with Gasteiger partial charge in [0.2, 0.25) is 0 Å². The van der Waals surface area contributed by atoms with E-state index in [9.17, 15) is 0 Å². The normalized spacial score (nSPS) is 17.3.